The highest BCUT2D eigenvalue weighted by Gasteiger charge is 1.91. The molecule has 0 saturated heterocycles. The first kappa shape index (κ1) is 6.90. The minimum absolute atomic E-state index is 0.358. The Balaban J connectivity index is 3.36. The summed E-state index contributed by atoms with van der Waals surface area (Å²) in [6.45, 7) is 1.83. The summed E-state index contributed by atoms with van der Waals surface area (Å²) in [4.78, 5) is 6.55. The molecule has 0 amide bonds. The lowest BCUT2D eigenvalue weighted by atomic mass is 10.4. The van der Waals surface area contributed by atoms with Crippen LogP contribution in [0.2, 0.25) is 0 Å². The molecule has 50 valence electrons. The molecule has 0 radical (unpaired) electrons. The molecular weight excluding hydrogens is 146 g/mol. The van der Waals surface area contributed by atoms with Crippen molar-refractivity contribution < 1.29 is 0 Å². The Morgan fingerprint density at radius 3 is 3.00 bits per heavy atom. The van der Waals surface area contributed by atoms with Crippen molar-refractivity contribution in [3.05, 3.63) is 22.2 Å². The Morgan fingerprint density at radius 2 is 2.50 bits per heavy atom. The molecule has 0 saturated carbocycles. The number of hydrogen-bond donors (Lipinski definition) is 1. The number of aromatic nitrogens is 2. The number of nitriles is 1. The third kappa shape index (κ3) is 1.39. The zero-order chi connectivity index (χ0) is 7.56. The fraction of sp³-hybridized carbons (Fsp3) is 0.167. The van der Waals surface area contributed by atoms with E-state index in [2.05, 4.69) is 9.97 Å². The molecule has 0 fully saturated rings. The van der Waals surface area contributed by atoms with Gasteiger partial charge in [-0.2, -0.15) is 5.26 Å². The molecule has 1 aromatic heterocycles. The average Bonchev–Trinajstić information content (AvgIpc) is 1.85. The molecule has 0 atom stereocenters. The van der Waals surface area contributed by atoms with E-state index in [-0.39, 0.29) is 0 Å². The first-order chi connectivity index (χ1) is 4.72. The van der Waals surface area contributed by atoms with Crippen LogP contribution in [0, 0.1) is 23.0 Å². The molecule has 4 heteroatoms. The molecular formula is C6H5N3S. The van der Waals surface area contributed by atoms with Crippen LogP contribution in [0.3, 0.4) is 0 Å². The highest BCUT2D eigenvalue weighted by Crippen LogP contribution is 1.94. The third-order valence-electron chi connectivity index (χ3n) is 0.994. The molecule has 0 aliphatic rings. The van der Waals surface area contributed by atoms with E-state index in [4.69, 9.17) is 17.5 Å². The summed E-state index contributed by atoms with van der Waals surface area (Å²) in [5, 5.41) is 8.41. The van der Waals surface area contributed by atoms with Gasteiger partial charge in [-0.15, -0.1) is 0 Å². The van der Waals surface area contributed by atoms with Crippen LogP contribution in [0.15, 0.2) is 6.07 Å². The van der Waals surface area contributed by atoms with Gasteiger partial charge in [0.25, 0.3) is 0 Å². The number of hydrogen-bond acceptors (Lipinski definition) is 3. The van der Waals surface area contributed by atoms with Crippen molar-refractivity contribution in [2.45, 2.75) is 6.92 Å². The zero-order valence-corrected chi connectivity index (χ0v) is 6.20. The number of aromatic amines is 1. The molecule has 1 N–H and O–H groups in total. The lowest BCUT2D eigenvalue weighted by Crippen LogP contribution is -1.89. The quantitative estimate of drug-likeness (QED) is 0.569. The fourth-order valence-electron chi connectivity index (χ4n) is 0.637. The van der Waals surface area contributed by atoms with Gasteiger partial charge >= 0.3 is 0 Å². The number of H-pyrrole nitrogens is 1. The van der Waals surface area contributed by atoms with Crippen molar-refractivity contribution in [2.24, 2.45) is 0 Å². The van der Waals surface area contributed by atoms with Gasteiger partial charge in [-0.1, -0.05) is 0 Å². The highest BCUT2D eigenvalue weighted by atomic mass is 32.1. The summed E-state index contributed by atoms with van der Waals surface area (Å²) in [5.74, 6) is 0. The lowest BCUT2D eigenvalue weighted by Gasteiger charge is -1.90. The molecule has 0 bridgehead atoms. The van der Waals surface area contributed by atoms with Crippen LogP contribution in [-0.2, 0) is 0 Å². The van der Waals surface area contributed by atoms with E-state index in [0.717, 1.165) is 5.69 Å². The van der Waals surface area contributed by atoms with E-state index >= 15 is 0 Å². The summed E-state index contributed by atoms with van der Waals surface area (Å²) in [6, 6.07) is 3.56. The summed E-state index contributed by atoms with van der Waals surface area (Å²) in [5.41, 5.74) is 1.22. The Kier molecular flexibility index (Phi) is 1.78. The Labute approximate surface area is 63.4 Å². The second-order valence-corrected chi connectivity index (χ2v) is 2.25. The maximum atomic E-state index is 8.41. The molecule has 1 heterocycles. The fourth-order valence-corrected chi connectivity index (χ4v) is 0.896. The minimum atomic E-state index is 0.358. The van der Waals surface area contributed by atoms with Crippen LogP contribution in [0.4, 0.5) is 0 Å². The van der Waals surface area contributed by atoms with Gasteiger partial charge in [-0.05, 0) is 25.2 Å². The predicted molar refractivity (Wildman–Crippen MR) is 38.9 cm³/mol. The van der Waals surface area contributed by atoms with E-state index in [9.17, 15) is 0 Å². The maximum absolute atomic E-state index is 8.41. The minimum Gasteiger partial charge on any atom is -0.335 e. The highest BCUT2D eigenvalue weighted by molar-refractivity contribution is 7.71. The molecule has 0 unspecified atom stereocenters. The second kappa shape index (κ2) is 2.58. The van der Waals surface area contributed by atoms with E-state index in [1.165, 1.54) is 0 Å². The normalized spacial score (nSPS) is 8.80. The molecule has 3 nitrogen and oxygen atoms in total. The summed E-state index contributed by atoms with van der Waals surface area (Å²) in [7, 11) is 0. The first-order valence-corrected chi connectivity index (χ1v) is 3.11. The van der Waals surface area contributed by atoms with E-state index in [1.54, 1.807) is 6.07 Å². The third-order valence-corrected chi connectivity index (χ3v) is 1.19. The van der Waals surface area contributed by atoms with Crippen molar-refractivity contribution in [3.63, 3.8) is 0 Å². The first-order valence-electron chi connectivity index (χ1n) is 2.70. The number of aryl methyl sites for hydroxylation is 1. The van der Waals surface area contributed by atoms with Gasteiger partial charge < -0.3 is 4.98 Å². The average molecular weight is 151 g/mol. The Hall–Kier alpha value is -1.21. The molecule has 0 spiro atoms. The van der Waals surface area contributed by atoms with E-state index in [1.807, 2.05) is 13.0 Å². The van der Waals surface area contributed by atoms with Crippen LogP contribution in [0.5, 0.6) is 0 Å². The molecule has 10 heavy (non-hydrogen) atoms. The summed E-state index contributed by atoms with van der Waals surface area (Å²) in [6.07, 6.45) is 0. The van der Waals surface area contributed by atoms with Crippen LogP contribution < -0.4 is 0 Å². The van der Waals surface area contributed by atoms with Crippen molar-refractivity contribution >= 4 is 12.2 Å². The van der Waals surface area contributed by atoms with Crippen LogP contribution in [0.25, 0.3) is 0 Å². The molecule has 0 aromatic carbocycles. The monoisotopic (exact) mass is 151 g/mol. The van der Waals surface area contributed by atoms with Gasteiger partial charge in [0.15, 0.2) is 4.77 Å². The second-order valence-electron chi connectivity index (χ2n) is 1.87. The van der Waals surface area contributed by atoms with Gasteiger partial charge in [0, 0.05) is 5.69 Å². The van der Waals surface area contributed by atoms with Gasteiger partial charge in [0.1, 0.15) is 11.8 Å². The standard InChI is InChI=1S/C6H5N3S/c1-4-2-5(3-7)9-6(10)8-4/h2H,1H3,(H,8,9,10). The largest absolute Gasteiger partial charge is 0.335 e. The zero-order valence-electron chi connectivity index (χ0n) is 5.38. The van der Waals surface area contributed by atoms with Crippen molar-refractivity contribution in [1.82, 2.24) is 9.97 Å². The number of rotatable bonds is 0. The lowest BCUT2D eigenvalue weighted by molar-refractivity contribution is 1.06. The Morgan fingerprint density at radius 1 is 1.80 bits per heavy atom. The molecule has 0 aliphatic carbocycles. The maximum Gasteiger partial charge on any atom is 0.198 e. The van der Waals surface area contributed by atoms with Gasteiger partial charge in [-0.3, -0.25) is 0 Å². The SMILES string of the molecule is Cc1cc(C#N)nc(=S)[nH]1. The molecule has 1 aromatic rings. The number of nitrogens with zero attached hydrogens (tertiary/aromatic N) is 2. The molecule has 1 rings (SSSR count). The topological polar surface area (TPSA) is 52.5 Å². The smallest absolute Gasteiger partial charge is 0.198 e. The summed E-state index contributed by atoms with van der Waals surface area (Å²) >= 11 is 4.74. The van der Waals surface area contributed by atoms with Crippen LogP contribution in [0.1, 0.15) is 11.4 Å². The number of nitrogens with one attached hydrogen (secondary N) is 1. The van der Waals surface area contributed by atoms with E-state index in [0.29, 0.717) is 10.5 Å². The predicted octanol–water partition coefficient (Wildman–Crippen LogP) is 1.32. The van der Waals surface area contributed by atoms with Gasteiger partial charge in [0.05, 0.1) is 0 Å². The molecule has 0 aliphatic heterocycles. The van der Waals surface area contributed by atoms with Crippen molar-refractivity contribution in [1.29, 1.82) is 5.26 Å². The van der Waals surface area contributed by atoms with E-state index < -0.39 is 0 Å². The van der Waals surface area contributed by atoms with Crippen molar-refractivity contribution in [3.8, 4) is 6.07 Å². The van der Waals surface area contributed by atoms with Crippen molar-refractivity contribution in [2.75, 3.05) is 0 Å². The van der Waals surface area contributed by atoms with Gasteiger partial charge in [0.2, 0.25) is 0 Å². The Bertz CT molecular complexity index is 334. The summed E-state index contributed by atoms with van der Waals surface area (Å²) < 4.78 is 0.358. The van der Waals surface area contributed by atoms with Gasteiger partial charge in [-0.25, -0.2) is 4.98 Å². The van der Waals surface area contributed by atoms with Crippen LogP contribution >= 0.6 is 12.2 Å². The van der Waals surface area contributed by atoms with Crippen LogP contribution in [-0.4, -0.2) is 9.97 Å².